The largest absolute Gasteiger partial charge is 0.511 e. The van der Waals surface area contributed by atoms with Crippen LogP contribution in [0.5, 0.6) is 0 Å². The predicted octanol–water partition coefficient (Wildman–Crippen LogP) is 2.76. The molecule has 0 bridgehead atoms. The van der Waals surface area contributed by atoms with Crippen molar-refractivity contribution in [2.45, 2.75) is 24.2 Å². The Morgan fingerprint density at radius 1 is 1.23 bits per heavy atom. The zero-order valence-electron chi connectivity index (χ0n) is 14.1. The third kappa shape index (κ3) is 4.54. The lowest BCUT2D eigenvalue weighted by Crippen LogP contribution is -2.46. The Balaban J connectivity index is 1.65. The molecule has 26 heavy (non-hydrogen) atoms. The number of rotatable bonds is 6. The Morgan fingerprint density at radius 2 is 2.00 bits per heavy atom. The van der Waals surface area contributed by atoms with Crippen LogP contribution in [-0.4, -0.2) is 40.9 Å². The lowest BCUT2D eigenvalue weighted by atomic mass is 10.0. The average molecular weight is 374 g/mol. The first-order valence-electron chi connectivity index (χ1n) is 8.42. The van der Waals surface area contributed by atoms with Crippen LogP contribution in [0.25, 0.3) is 0 Å². The van der Waals surface area contributed by atoms with E-state index in [0.29, 0.717) is 19.6 Å². The zero-order chi connectivity index (χ0) is 18.5. The van der Waals surface area contributed by atoms with Crippen LogP contribution in [0.3, 0.4) is 0 Å². The standard InChI is InChI=1S/C19H20NO5P/c21-19(22)15-8-4-7-14(10-15)16-12-25-17(11-20-16)18(26(23)24)9-13-5-2-1-3-6-13/h1-8,10,16-18,20H,9,11-12H2,(H-,21,22,23,24)/p+1/t16-,17+,18?/m0/s1. The normalized spacial score (nSPS) is 21.8. The minimum absolute atomic E-state index is 0.139. The van der Waals surface area contributed by atoms with E-state index in [1.54, 1.807) is 18.2 Å². The summed E-state index contributed by atoms with van der Waals surface area (Å²) in [5.41, 5.74) is 1.56. The predicted molar refractivity (Wildman–Crippen MR) is 97.6 cm³/mol. The maximum atomic E-state index is 11.8. The number of benzene rings is 2. The van der Waals surface area contributed by atoms with Crippen molar-refractivity contribution >= 4 is 14.0 Å². The molecule has 2 aromatic rings. The fourth-order valence-corrected chi connectivity index (χ4v) is 4.00. The minimum atomic E-state index is -2.39. The molecule has 0 aliphatic carbocycles. The number of hydrogen-bond donors (Lipinski definition) is 3. The summed E-state index contributed by atoms with van der Waals surface area (Å²) in [5, 5.41) is 12.4. The monoisotopic (exact) mass is 374 g/mol. The molecule has 136 valence electrons. The lowest BCUT2D eigenvalue weighted by Gasteiger charge is -2.31. The molecule has 0 radical (unpaired) electrons. The Kier molecular flexibility index (Phi) is 6.12. The molecular weight excluding hydrogens is 353 g/mol. The van der Waals surface area contributed by atoms with Gasteiger partial charge < -0.3 is 15.2 Å². The van der Waals surface area contributed by atoms with Gasteiger partial charge in [0.15, 0.2) is 0 Å². The molecule has 0 spiro atoms. The van der Waals surface area contributed by atoms with Crippen LogP contribution in [0.2, 0.25) is 0 Å². The molecule has 0 amide bonds. The molecule has 1 fully saturated rings. The Bertz CT molecular complexity index is 775. The SMILES string of the molecule is O=C(O)c1cccc([C@@H]2CO[C@@H](C(Cc3ccccc3)[P+](=O)O)CN2)c1. The molecule has 1 heterocycles. The fraction of sp³-hybridized carbons (Fsp3) is 0.316. The second-order valence-corrected chi connectivity index (χ2v) is 7.59. The third-order valence-electron chi connectivity index (χ3n) is 4.58. The molecule has 1 aliphatic heterocycles. The van der Waals surface area contributed by atoms with Gasteiger partial charge in [0.2, 0.25) is 5.66 Å². The van der Waals surface area contributed by atoms with Gasteiger partial charge in [0, 0.05) is 13.0 Å². The van der Waals surface area contributed by atoms with E-state index in [4.69, 9.17) is 9.84 Å². The van der Waals surface area contributed by atoms with Gasteiger partial charge in [0.1, 0.15) is 6.10 Å². The first-order chi connectivity index (χ1) is 12.5. The third-order valence-corrected chi connectivity index (χ3v) is 5.66. The smallest absolute Gasteiger partial charge is 0.478 e. The molecule has 2 unspecified atom stereocenters. The summed E-state index contributed by atoms with van der Waals surface area (Å²) < 4.78 is 17.7. The van der Waals surface area contributed by atoms with Gasteiger partial charge in [0.05, 0.1) is 18.2 Å². The van der Waals surface area contributed by atoms with Gasteiger partial charge in [-0.15, -0.1) is 0 Å². The molecule has 3 rings (SSSR count). The fourth-order valence-electron chi connectivity index (χ4n) is 3.15. The van der Waals surface area contributed by atoms with Gasteiger partial charge in [0.25, 0.3) is 0 Å². The van der Waals surface area contributed by atoms with Crippen molar-refractivity contribution in [1.29, 1.82) is 0 Å². The number of nitrogens with one attached hydrogen (secondary N) is 1. The van der Waals surface area contributed by atoms with Crippen LogP contribution in [0.4, 0.5) is 0 Å². The summed E-state index contributed by atoms with van der Waals surface area (Å²) in [7, 11) is -2.39. The van der Waals surface area contributed by atoms with E-state index >= 15 is 0 Å². The number of aromatic carboxylic acids is 1. The van der Waals surface area contributed by atoms with Crippen LogP contribution in [0.1, 0.15) is 27.5 Å². The number of carboxylic acids is 1. The Hall–Kier alpha value is -2.11. The molecule has 7 heteroatoms. The number of ether oxygens (including phenoxy) is 1. The molecule has 0 aromatic heterocycles. The summed E-state index contributed by atoms with van der Waals surface area (Å²) in [6.07, 6.45) is 0.0978. The molecular formula is C19H21NO5P+. The van der Waals surface area contributed by atoms with Crippen molar-refractivity contribution in [3.8, 4) is 0 Å². The molecule has 0 saturated carbocycles. The summed E-state index contributed by atoms with van der Waals surface area (Å²) in [6, 6.07) is 16.2. The van der Waals surface area contributed by atoms with Crippen molar-refractivity contribution < 1.29 is 24.1 Å². The van der Waals surface area contributed by atoms with E-state index in [9.17, 15) is 14.3 Å². The summed E-state index contributed by atoms with van der Waals surface area (Å²) in [6.45, 7) is 0.753. The van der Waals surface area contributed by atoms with Crippen molar-refractivity contribution in [1.82, 2.24) is 5.32 Å². The highest BCUT2D eigenvalue weighted by Gasteiger charge is 2.40. The first-order valence-corrected chi connectivity index (χ1v) is 9.70. The van der Waals surface area contributed by atoms with Crippen molar-refractivity contribution in [3.63, 3.8) is 0 Å². The van der Waals surface area contributed by atoms with Gasteiger partial charge in [-0.05, 0) is 27.8 Å². The number of carbonyl (C=O) groups is 1. The maximum Gasteiger partial charge on any atom is 0.511 e. The highest BCUT2D eigenvalue weighted by Crippen LogP contribution is 2.32. The second kappa shape index (κ2) is 8.52. The molecule has 2 aromatic carbocycles. The van der Waals surface area contributed by atoms with Crippen molar-refractivity contribution in [3.05, 3.63) is 71.3 Å². The van der Waals surface area contributed by atoms with Crippen molar-refractivity contribution in [2.75, 3.05) is 13.2 Å². The van der Waals surface area contributed by atoms with Crippen LogP contribution in [-0.2, 0) is 15.7 Å². The molecule has 1 saturated heterocycles. The Labute approximate surface area is 152 Å². The topological polar surface area (TPSA) is 95.9 Å². The quantitative estimate of drug-likeness (QED) is 0.673. The summed E-state index contributed by atoms with van der Waals surface area (Å²) in [5.74, 6) is -0.971. The van der Waals surface area contributed by atoms with Gasteiger partial charge in [-0.1, -0.05) is 42.5 Å². The van der Waals surface area contributed by atoms with E-state index in [0.717, 1.165) is 11.1 Å². The molecule has 6 nitrogen and oxygen atoms in total. The summed E-state index contributed by atoms with van der Waals surface area (Å²) >= 11 is 0. The first kappa shape index (κ1) is 18.7. The van der Waals surface area contributed by atoms with Gasteiger partial charge in [-0.25, -0.2) is 4.79 Å². The van der Waals surface area contributed by atoms with Gasteiger partial charge >= 0.3 is 14.0 Å². The minimum Gasteiger partial charge on any atom is -0.478 e. The van der Waals surface area contributed by atoms with E-state index in [-0.39, 0.29) is 17.7 Å². The van der Waals surface area contributed by atoms with Gasteiger partial charge in [-0.3, -0.25) is 0 Å². The van der Waals surface area contributed by atoms with E-state index in [2.05, 4.69) is 5.32 Å². The average Bonchev–Trinajstić information content (AvgIpc) is 2.67. The van der Waals surface area contributed by atoms with E-state index in [1.807, 2.05) is 36.4 Å². The van der Waals surface area contributed by atoms with Crippen LogP contribution in [0.15, 0.2) is 54.6 Å². The van der Waals surface area contributed by atoms with Crippen molar-refractivity contribution in [2.24, 2.45) is 0 Å². The number of hydrogen-bond acceptors (Lipinski definition) is 4. The number of morpholine rings is 1. The van der Waals surface area contributed by atoms with E-state index in [1.165, 1.54) is 0 Å². The molecule has 4 atom stereocenters. The van der Waals surface area contributed by atoms with Crippen LogP contribution < -0.4 is 5.32 Å². The van der Waals surface area contributed by atoms with Crippen LogP contribution >= 0.6 is 8.03 Å². The maximum absolute atomic E-state index is 11.8. The zero-order valence-corrected chi connectivity index (χ0v) is 15.0. The number of carboxylic acid groups (broad SMARTS) is 1. The summed E-state index contributed by atoms with van der Waals surface area (Å²) in [4.78, 5) is 20.9. The van der Waals surface area contributed by atoms with E-state index < -0.39 is 19.7 Å². The molecule has 1 aliphatic rings. The lowest BCUT2D eigenvalue weighted by molar-refractivity contribution is 0.000665. The van der Waals surface area contributed by atoms with Gasteiger partial charge in [-0.2, -0.15) is 4.89 Å². The molecule has 3 N–H and O–H groups in total. The highest BCUT2D eigenvalue weighted by molar-refractivity contribution is 7.39. The highest BCUT2D eigenvalue weighted by atomic mass is 31.1. The Morgan fingerprint density at radius 3 is 2.62 bits per heavy atom. The van der Waals surface area contributed by atoms with Crippen LogP contribution in [0, 0.1) is 0 Å². The second-order valence-electron chi connectivity index (χ2n) is 6.32.